The van der Waals surface area contributed by atoms with Gasteiger partial charge in [0, 0.05) is 6.61 Å². The largest absolute Gasteiger partial charge is 0.396 e. The average molecular weight is 190 g/mol. The minimum atomic E-state index is -0.613. The van der Waals surface area contributed by atoms with Crippen LogP contribution in [0.15, 0.2) is 0 Å². The molecular formula is C10H22O3. The molecule has 0 aromatic rings. The van der Waals surface area contributed by atoms with E-state index in [-0.39, 0.29) is 6.61 Å². The number of hydrogen-bond donors (Lipinski definition) is 3. The van der Waals surface area contributed by atoms with Crippen molar-refractivity contribution < 1.29 is 15.3 Å². The molecule has 0 aliphatic heterocycles. The summed E-state index contributed by atoms with van der Waals surface area (Å²) in [6, 6.07) is 0. The van der Waals surface area contributed by atoms with Gasteiger partial charge >= 0.3 is 0 Å². The molecule has 0 bridgehead atoms. The smallest absolute Gasteiger partial charge is 0.0796 e. The Morgan fingerprint density at radius 2 is 1.46 bits per heavy atom. The fraction of sp³-hybridized carbons (Fsp3) is 1.00. The van der Waals surface area contributed by atoms with Crippen molar-refractivity contribution in [3.8, 4) is 0 Å². The lowest BCUT2D eigenvalue weighted by Gasteiger charge is -2.12. The van der Waals surface area contributed by atoms with Crippen molar-refractivity contribution in [2.45, 2.75) is 57.7 Å². The zero-order chi connectivity index (χ0) is 10.1. The summed E-state index contributed by atoms with van der Waals surface area (Å²) in [6.45, 7) is 1.88. The van der Waals surface area contributed by atoms with E-state index in [0.29, 0.717) is 6.42 Å². The lowest BCUT2D eigenvalue weighted by Crippen LogP contribution is -2.21. The molecule has 0 fully saturated rings. The molecule has 0 heterocycles. The van der Waals surface area contributed by atoms with Gasteiger partial charge in [0.15, 0.2) is 0 Å². The molecule has 3 nitrogen and oxygen atoms in total. The Morgan fingerprint density at radius 3 is 2.00 bits per heavy atom. The van der Waals surface area contributed by atoms with Crippen LogP contribution in [-0.2, 0) is 0 Å². The fourth-order valence-corrected chi connectivity index (χ4v) is 1.24. The first kappa shape index (κ1) is 12.9. The van der Waals surface area contributed by atoms with Crippen LogP contribution in [0.4, 0.5) is 0 Å². The maximum Gasteiger partial charge on any atom is 0.0796 e. The Bertz CT molecular complexity index is 104. The quantitative estimate of drug-likeness (QED) is 0.502. The van der Waals surface area contributed by atoms with Gasteiger partial charge < -0.3 is 15.3 Å². The number of unbranched alkanes of at least 4 members (excludes halogenated alkanes) is 4. The molecular weight excluding hydrogens is 168 g/mol. The Kier molecular flexibility index (Phi) is 8.40. The minimum absolute atomic E-state index is 0.274. The molecule has 0 aromatic heterocycles. The van der Waals surface area contributed by atoms with Crippen LogP contribution in [-0.4, -0.2) is 34.1 Å². The summed E-state index contributed by atoms with van der Waals surface area (Å²) in [5.74, 6) is 0. The van der Waals surface area contributed by atoms with Crippen molar-refractivity contribution in [3.05, 3.63) is 0 Å². The Morgan fingerprint density at radius 1 is 0.923 bits per heavy atom. The van der Waals surface area contributed by atoms with Crippen LogP contribution in [0.3, 0.4) is 0 Å². The van der Waals surface area contributed by atoms with Crippen LogP contribution in [0.1, 0.15) is 45.4 Å². The summed E-state index contributed by atoms with van der Waals surface area (Å²) in [5, 5.41) is 26.7. The zero-order valence-corrected chi connectivity index (χ0v) is 8.45. The molecule has 0 aliphatic carbocycles. The Balaban J connectivity index is 3.07. The zero-order valence-electron chi connectivity index (χ0n) is 8.45. The molecule has 2 unspecified atom stereocenters. The van der Waals surface area contributed by atoms with E-state index in [0.717, 1.165) is 32.1 Å². The standard InChI is InChI=1S/C10H22O3/c1-9(12)10(13)7-5-3-2-4-6-8-11/h9-13H,2-8H2,1H3. The lowest BCUT2D eigenvalue weighted by molar-refractivity contribution is 0.0246. The van der Waals surface area contributed by atoms with Crippen molar-refractivity contribution in [3.63, 3.8) is 0 Å². The van der Waals surface area contributed by atoms with Gasteiger partial charge in [-0.25, -0.2) is 0 Å². The van der Waals surface area contributed by atoms with Gasteiger partial charge in [0.1, 0.15) is 0 Å². The van der Waals surface area contributed by atoms with E-state index >= 15 is 0 Å². The lowest BCUT2D eigenvalue weighted by atomic mass is 10.1. The van der Waals surface area contributed by atoms with E-state index in [2.05, 4.69) is 0 Å². The molecule has 0 aliphatic rings. The van der Waals surface area contributed by atoms with Crippen molar-refractivity contribution in [1.82, 2.24) is 0 Å². The van der Waals surface area contributed by atoms with Gasteiger partial charge in [0.25, 0.3) is 0 Å². The highest BCUT2D eigenvalue weighted by Gasteiger charge is 2.09. The SMILES string of the molecule is CC(O)C(O)CCCCCCCO. The highest BCUT2D eigenvalue weighted by Crippen LogP contribution is 2.08. The molecule has 0 aromatic carbocycles. The molecule has 0 saturated heterocycles. The molecule has 0 rings (SSSR count). The highest BCUT2D eigenvalue weighted by atomic mass is 16.3. The van der Waals surface area contributed by atoms with Crippen molar-refractivity contribution in [1.29, 1.82) is 0 Å². The van der Waals surface area contributed by atoms with Crippen molar-refractivity contribution in [2.24, 2.45) is 0 Å². The van der Waals surface area contributed by atoms with Gasteiger partial charge in [-0.3, -0.25) is 0 Å². The summed E-state index contributed by atoms with van der Waals surface area (Å²) >= 11 is 0. The van der Waals surface area contributed by atoms with E-state index in [1.807, 2.05) is 0 Å². The van der Waals surface area contributed by atoms with Gasteiger partial charge in [-0.05, 0) is 19.8 Å². The second kappa shape index (κ2) is 8.48. The monoisotopic (exact) mass is 190 g/mol. The fourth-order valence-electron chi connectivity index (χ4n) is 1.24. The summed E-state index contributed by atoms with van der Waals surface area (Å²) in [4.78, 5) is 0. The first-order valence-corrected chi connectivity index (χ1v) is 5.15. The normalized spacial score (nSPS) is 15.7. The second-order valence-corrected chi connectivity index (χ2v) is 3.59. The first-order valence-electron chi connectivity index (χ1n) is 5.15. The van der Waals surface area contributed by atoms with E-state index in [9.17, 15) is 5.11 Å². The van der Waals surface area contributed by atoms with Crippen LogP contribution in [0, 0.1) is 0 Å². The molecule has 0 amide bonds. The third kappa shape index (κ3) is 8.22. The Labute approximate surface area is 80.4 Å². The van der Waals surface area contributed by atoms with Gasteiger partial charge in [-0.1, -0.05) is 25.7 Å². The second-order valence-electron chi connectivity index (χ2n) is 3.59. The predicted molar refractivity (Wildman–Crippen MR) is 52.5 cm³/mol. The molecule has 3 N–H and O–H groups in total. The van der Waals surface area contributed by atoms with E-state index in [1.54, 1.807) is 6.92 Å². The van der Waals surface area contributed by atoms with E-state index in [1.165, 1.54) is 0 Å². The predicted octanol–water partition coefficient (Wildman–Crippen LogP) is 1.06. The van der Waals surface area contributed by atoms with Crippen molar-refractivity contribution in [2.75, 3.05) is 6.61 Å². The summed E-state index contributed by atoms with van der Waals surface area (Å²) < 4.78 is 0. The topological polar surface area (TPSA) is 60.7 Å². The molecule has 0 saturated carbocycles. The molecule has 0 radical (unpaired) electrons. The first-order chi connectivity index (χ1) is 6.18. The molecule has 80 valence electrons. The average Bonchev–Trinajstić information content (AvgIpc) is 2.10. The number of rotatable bonds is 8. The summed E-state index contributed by atoms with van der Waals surface area (Å²) in [6.07, 6.45) is 4.56. The molecule has 2 atom stereocenters. The molecule has 3 heteroatoms. The summed E-state index contributed by atoms with van der Waals surface area (Å²) in [5.41, 5.74) is 0. The maximum absolute atomic E-state index is 9.24. The van der Waals surface area contributed by atoms with Crippen molar-refractivity contribution >= 4 is 0 Å². The van der Waals surface area contributed by atoms with E-state index < -0.39 is 12.2 Å². The van der Waals surface area contributed by atoms with Crippen LogP contribution in [0.2, 0.25) is 0 Å². The van der Waals surface area contributed by atoms with Gasteiger partial charge in [-0.15, -0.1) is 0 Å². The maximum atomic E-state index is 9.24. The number of hydrogen-bond acceptors (Lipinski definition) is 3. The number of aliphatic hydroxyl groups excluding tert-OH is 3. The molecule has 0 spiro atoms. The number of aliphatic hydroxyl groups is 3. The third-order valence-electron chi connectivity index (χ3n) is 2.21. The van der Waals surface area contributed by atoms with Crippen LogP contribution in [0.25, 0.3) is 0 Å². The van der Waals surface area contributed by atoms with Gasteiger partial charge in [-0.2, -0.15) is 0 Å². The van der Waals surface area contributed by atoms with Crippen LogP contribution >= 0.6 is 0 Å². The van der Waals surface area contributed by atoms with Gasteiger partial charge in [0.05, 0.1) is 12.2 Å². The third-order valence-corrected chi connectivity index (χ3v) is 2.21. The van der Waals surface area contributed by atoms with Crippen LogP contribution in [0.5, 0.6) is 0 Å². The van der Waals surface area contributed by atoms with Crippen LogP contribution < -0.4 is 0 Å². The van der Waals surface area contributed by atoms with E-state index in [4.69, 9.17) is 10.2 Å². The minimum Gasteiger partial charge on any atom is -0.396 e. The van der Waals surface area contributed by atoms with Gasteiger partial charge in [0.2, 0.25) is 0 Å². The molecule has 13 heavy (non-hydrogen) atoms. The summed E-state index contributed by atoms with van der Waals surface area (Å²) in [7, 11) is 0. The Hall–Kier alpha value is -0.120. The highest BCUT2D eigenvalue weighted by molar-refractivity contribution is 4.61.